The van der Waals surface area contributed by atoms with Gasteiger partial charge in [0.05, 0.1) is 14.2 Å². The number of halogens is 2. The molecule has 16 heavy (non-hydrogen) atoms. The van der Waals surface area contributed by atoms with Crippen LogP contribution in [-0.2, 0) is 0 Å². The van der Waals surface area contributed by atoms with Gasteiger partial charge in [-0.05, 0) is 17.7 Å². The highest BCUT2D eigenvalue weighted by molar-refractivity contribution is 9.10. The standard InChI is InChI=1S/C10H15BrN2O2.ClH/c1-14-9-3-6(8(13)5-12)7(11)4-10(9)15-2;/h3-4,8H,5,12-13H2,1-2H3;1H/t8-;/m0./s1. The Morgan fingerprint density at radius 2 is 1.75 bits per heavy atom. The number of benzene rings is 1. The third-order valence-electron chi connectivity index (χ3n) is 2.16. The molecule has 1 aromatic rings. The van der Waals surface area contributed by atoms with Gasteiger partial charge in [0.1, 0.15) is 0 Å². The van der Waals surface area contributed by atoms with E-state index in [1.165, 1.54) is 0 Å². The summed E-state index contributed by atoms with van der Waals surface area (Å²) in [6.45, 7) is 0.383. The molecule has 4 nitrogen and oxygen atoms in total. The fourth-order valence-electron chi connectivity index (χ4n) is 1.28. The van der Waals surface area contributed by atoms with Gasteiger partial charge in [-0.25, -0.2) is 0 Å². The molecular formula is C10H16BrClN2O2. The Balaban J connectivity index is 0.00000225. The average molecular weight is 312 g/mol. The second-order valence-corrected chi connectivity index (χ2v) is 3.93. The molecule has 92 valence electrons. The molecule has 0 aromatic heterocycles. The van der Waals surface area contributed by atoms with Gasteiger partial charge in [-0.15, -0.1) is 12.4 Å². The van der Waals surface area contributed by atoms with Crippen molar-refractivity contribution >= 4 is 28.3 Å². The lowest BCUT2D eigenvalue weighted by Gasteiger charge is -2.15. The first-order chi connectivity index (χ1) is 7.13. The molecule has 0 fully saturated rings. The maximum Gasteiger partial charge on any atom is 0.161 e. The molecule has 6 heteroatoms. The van der Waals surface area contributed by atoms with Crippen LogP contribution >= 0.6 is 28.3 Å². The van der Waals surface area contributed by atoms with Crippen LogP contribution in [0.25, 0.3) is 0 Å². The van der Waals surface area contributed by atoms with Crippen molar-refractivity contribution in [3.05, 3.63) is 22.2 Å². The highest BCUT2D eigenvalue weighted by Crippen LogP contribution is 2.35. The van der Waals surface area contributed by atoms with Crippen LogP contribution in [0.2, 0.25) is 0 Å². The quantitative estimate of drug-likeness (QED) is 0.890. The summed E-state index contributed by atoms with van der Waals surface area (Å²) in [6, 6.07) is 3.45. The third-order valence-corrected chi connectivity index (χ3v) is 2.84. The van der Waals surface area contributed by atoms with Crippen LogP contribution in [0.4, 0.5) is 0 Å². The van der Waals surface area contributed by atoms with E-state index in [0.717, 1.165) is 10.0 Å². The first-order valence-electron chi connectivity index (χ1n) is 4.51. The highest BCUT2D eigenvalue weighted by atomic mass is 79.9. The summed E-state index contributed by atoms with van der Waals surface area (Å²) in [5, 5.41) is 0. The van der Waals surface area contributed by atoms with Crippen LogP contribution in [0.15, 0.2) is 16.6 Å². The van der Waals surface area contributed by atoms with Crippen molar-refractivity contribution in [2.24, 2.45) is 11.5 Å². The summed E-state index contributed by atoms with van der Waals surface area (Å²) >= 11 is 3.42. The van der Waals surface area contributed by atoms with Crippen LogP contribution in [0, 0.1) is 0 Å². The molecule has 0 radical (unpaired) electrons. The van der Waals surface area contributed by atoms with Crippen LogP contribution in [-0.4, -0.2) is 20.8 Å². The van der Waals surface area contributed by atoms with Crippen LogP contribution in [0.1, 0.15) is 11.6 Å². The van der Waals surface area contributed by atoms with E-state index >= 15 is 0 Å². The number of hydrogen-bond acceptors (Lipinski definition) is 4. The molecule has 0 aliphatic heterocycles. The second kappa shape index (κ2) is 6.96. The van der Waals surface area contributed by atoms with Crippen LogP contribution in [0.5, 0.6) is 11.5 Å². The Hall–Kier alpha value is -0.490. The first-order valence-corrected chi connectivity index (χ1v) is 5.30. The van der Waals surface area contributed by atoms with Crippen molar-refractivity contribution in [2.45, 2.75) is 6.04 Å². The van der Waals surface area contributed by atoms with Crippen molar-refractivity contribution in [1.82, 2.24) is 0 Å². The van der Waals surface area contributed by atoms with E-state index in [2.05, 4.69) is 15.9 Å². The Morgan fingerprint density at radius 3 is 2.19 bits per heavy atom. The largest absolute Gasteiger partial charge is 0.493 e. The molecule has 0 bridgehead atoms. The minimum absolute atomic E-state index is 0. The van der Waals surface area contributed by atoms with Gasteiger partial charge in [-0.3, -0.25) is 0 Å². The number of rotatable bonds is 4. The number of methoxy groups -OCH3 is 2. The lowest BCUT2D eigenvalue weighted by Crippen LogP contribution is -2.21. The third kappa shape index (κ3) is 3.25. The SMILES string of the molecule is COc1cc(Br)c([C@@H](N)CN)cc1OC.Cl. The normalized spacial score (nSPS) is 11.6. The zero-order valence-corrected chi connectivity index (χ0v) is 11.6. The Bertz CT molecular complexity index is 350. The molecule has 0 heterocycles. The first kappa shape index (κ1) is 15.5. The molecular weight excluding hydrogens is 295 g/mol. The predicted octanol–water partition coefficient (Wildman–Crippen LogP) is 1.85. The van der Waals surface area contributed by atoms with Gasteiger partial charge >= 0.3 is 0 Å². The smallest absolute Gasteiger partial charge is 0.161 e. The Morgan fingerprint density at radius 1 is 1.25 bits per heavy atom. The molecule has 0 aliphatic carbocycles. The summed E-state index contributed by atoms with van der Waals surface area (Å²) in [5.74, 6) is 1.32. The molecule has 4 N–H and O–H groups in total. The topological polar surface area (TPSA) is 70.5 Å². The Kier molecular flexibility index (Phi) is 6.74. The summed E-state index contributed by atoms with van der Waals surface area (Å²) in [7, 11) is 3.18. The molecule has 0 saturated carbocycles. The van der Waals surface area contributed by atoms with Crippen molar-refractivity contribution in [3.8, 4) is 11.5 Å². The summed E-state index contributed by atoms with van der Waals surface area (Å²) < 4.78 is 11.2. The zero-order valence-electron chi connectivity index (χ0n) is 9.20. The minimum atomic E-state index is -0.209. The molecule has 1 rings (SSSR count). The summed E-state index contributed by atoms with van der Waals surface area (Å²) in [4.78, 5) is 0. The highest BCUT2D eigenvalue weighted by Gasteiger charge is 2.13. The molecule has 1 atom stereocenters. The molecule has 0 amide bonds. The average Bonchev–Trinajstić information content (AvgIpc) is 2.27. The fraction of sp³-hybridized carbons (Fsp3) is 0.400. The van der Waals surface area contributed by atoms with E-state index in [1.807, 2.05) is 12.1 Å². The van der Waals surface area contributed by atoms with E-state index in [-0.39, 0.29) is 18.4 Å². The second-order valence-electron chi connectivity index (χ2n) is 3.07. The van der Waals surface area contributed by atoms with Crippen LogP contribution in [0.3, 0.4) is 0 Å². The van der Waals surface area contributed by atoms with Gasteiger partial charge in [-0.1, -0.05) is 15.9 Å². The van der Waals surface area contributed by atoms with E-state index < -0.39 is 0 Å². The minimum Gasteiger partial charge on any atom is -0.493 e. The fourth-order valence-corrected chi connectivity index (χ4v) is 1.90. The van der Waals surface area contributed by atoms with Gasteiger partial charge in [0.25, 0.3) is 0 Å². The monoisotopic (exact) mass is 310 g/mol. The van der Waals surface area contributed by atoms with Gasteiger partial charge in [0.2, 0.25) is 0 Å². The van der Waals surface area contributed by atoms with Gasteiger partial charge in [0.15, 0.2) is 11.5 Å². The lowest BCUT2D eigenvalue weighted by atomic mass is 10.1. The van der Waals surface area contributed by atoms with Crippen molar-refractivity contribution in [2.75, 3.05) is 20.8 Å². The number of hydrogen-bond donors (Lipinski definition) is 2. The zero-order chi connectivity index (χ0) is 11.4. The maximum atomic E-state index is 5.86. The van der Waals surface area contributed by atoms with Crippen molar-refractivity contribution < 1.29 is 9.47 Å². The van der Waals surface area contributed by atoms with E-state index in [4.69, 9.17) is 20.9 Å². The van der Waals surface area contributed by atoms with Crippen LogP contribution < -0.4 is 20.9 Å². The molecule has 0 spiro atoms. The van der Waals surface area contributed by atoms with E-state index in [9.17, 15) is 0 Å². The van der Waals surface area contributed by atoms with Crippen molar-refractivity contribution in [3.63, 3.8) is 0 Å². The molecule has 0 unspecified atom stereocenters. The predicted molar refractivity (Wildman–Crippen MR) is 70.5 cm³/mol. The summed E-state index contributed by atoms with van der Waals surface area (Å²) in [5.41, 5.74) is 12.3. The maximum absolute atomic E-state index is 5.86. The lowest BCUT2D eigenvalue weighted by molar-refractivity contribution is 0.354. The Labute approximate surface area is 110 Å². The number of ether oxygens (including phenoxy) is 2. The van der Waals surface area contributed by atoms with E-state index in [1.54, 1.807) is 14.2 Å². The summed E-state index contributed by atoms with van der Waals surface area (Å²) in [6.07, 6.45) is 0. The van der Waals surface area contributed by atoms with E-state index in [0.29, 0.717) is 18.0 Å². The van der Waals surface area contributed by atoms with Gasteiger partial charge in [0, 0.05) is 17.1 Å². The molecule has 0 aliphatic rings. The number of nitrogens with two attached hydrogens (primary N) is 2. The van der Waals surface area contributed by atoms with Crippen molar-refractivity contribution in [1.29, 1.82) is 0 Å². The van der Waals surface area contributed by atoms with Gasteiger partial charge < -0.3 is 20.9 Å². The van der Waals surface area contributed by atoms with Gasteiger partial charge in [-0.2, -0.15) is 0 Å². The molecule has 0 saturated heterocycles. The molecule has 1 aromatic carbocycles.